The van der Waals surface area contributed by atoms with Crippen LogP contribution in [0.4, 0.5) is 5.82 Å². The van der Waals surface area contributed by atoms with E-state index in [1.54, 1.807) is 6.33 Å². The lowest BCUT2D eigenvalue weighted by atomic mass is 10.2. The topological polar surface area (TPSA) is 89.9 Å². The van der Waals surface area contributed by atoms with E-state index in [1.165, 1.54) is 12.7 Å². The van der Waals surface area contributed by atoms with Crippen LogP contribution in [0.15, 0.2) is 12.7 Å². The van der Waals surface area contributed by atoms with Crippen LogP contribution in [0.25, 0.3) is 11.2 Å². The molecule has 3 rings (SSSR count). The summed E-state index contributed by atoms with van der Waals surface area (Å²) >= 11 is 0. The van der Waals surface area contributed by atoms with Gasteiger partial charge in [0.05, 0.1) is 6.33 Å². The minimum Gasteiger partial charge on any atom is -0.396 e. The quantitative estimate of drug-likeness (QED) is 0.799. The molecule has 1 fully saturated rings. The number of fused-ring (bicyclic) bond motifs is 1. The van der Waals surface area contributed by atoms with E-state index < -0.39 is 0 Å². The molecule has 17 heavy (non-hydrogen) atoms. The summed E-state index contributed by atoms with van der Waals surface area (Å²) in [6.07, 6.45) is 5.31. The molecule has 0 aromatic carbocycles. The molecule has 1 aliphatic carbocycles. The predicted octanol–water partition coefficient (Wildman–Crippen LogP) is 0.427. The van der Waals surface area contributed by atoms with E-state index >= 15 is 0 Å². The van der Waals surface area contributed by atoms with E-state index in [2.05, 4.69) is 15.0 Å². The van der Waals surface area contributed by atoms with E-state index in [0.717, 1.165) is 18.6 Å². The van der Waals surface area contributed by atoms with Gasteiger partial charge in [-0.1, -0.05) is 0 Å². The van der Waals surface area contributed by atoms with Crippen LogP contribution in [0, 0.1) is 11.8 Å². The second kappa shape index (κ2) is 3.96. The highest BCUT2D eigenvalue weighted by Gasteiger charge is 2.36. The number of imidazole rings is 1. The van der Waals surface area contributed by atoms with Crippen molar-refractivity contribution >= 4 is 17.0 Å². The van der Waals surface area contributed by atoms with Crippen LogP contribution in [-0.4, -0.2) is 31.2 Å². The molecule has 6 nitrogen and oxygen atoms in total. The number of rotatable bonds is 4. The average molecular weight is 233 g/mol. The van der Waals surface area contributed by atoms with Gasteiger partial charge in [0.25, 0.3) is 0 Å². The Hall–Kier alpha value is -1.69. The van der Waals surface area contributed by atoms with Gasteiger partial charge in [0.2, 0.25) is 0 Å². The van der Waals surface area contributed by atoms with E-state index in [0.29, 0.717) is 23.2 Å². The van der Waals surface area contributed by atoms with Gasteiger partial charge >= 0.3 is 0 Å². The first-order valence-electron chi connectivity index (χ1n) is 5.81. The first-order valence-corrected chi connectivity index (χ1v) is 5.81. The standard InChI is InChI=1S/C11H15N5O/c12-10-9-11(14-5-13-10)16(6-15-9)4-8-3-7(8)1-2-17/h5-8,17H,1-4H2,(H2,12,13,14)/t7-,8+/m0/s1. The predicted molar refractivity (Wildman–Crippen MR) is 63.0 cm³/mol. The molecule has 0 aliphatic heterocycles. The van der Waals surface area contributed by atoms with Crippen LogP contribution in [0.3, 0.4) is 0 Å². The normalized spacial score (nSPS) is 23.1. The molecule has 6 heteroatoms. The van der Waals surface area contributed by atoms with Gasteiger partial charge < -0.3 is 15.4 Å². The Balaban J connectivity index is 1.80. The lowest BCUT2D eigenvalue weighted by molar-refractivity contribution is 0.276. The molecule has 2 aromatic heterocycles. The summed E-state index contributed by atoms with van der Waals surface area (Å²) in [5.74, 6) is 1.71. The monoisotopic (exact) mass is 233 g/mol. The fourth-order valence-corrected chi connectivity index (χ4v) is 2.34. The summed E-state index contributed by atoms with van der Waals surface area (Å²) in [6, 6.07) is 0. The van der Waals surface area contributed by atoms with Crippen molar-refractivity contribution in [2.75, 3.05) is 12.3 Å². The number of aromatic nitrogens is 4. The molecular formula is C11H15N5O. The molecule has 0 spiro atoms. The molecule has 1 aliphatic rings. The zero-order valence-electron chi connectivity index (χ0n) is 9.45. The van der Waals surface area contributed by atoms with Crippen LogP contribution < -0.4 is 5.73 Å². The number of hydrogen-bond acceptors (Lipinski definition) is 5. The van der Waals surface area contributed by atoms with Crippen LogP contribution in [0.1, 0.15) is 12.8 Å². The lowest BCUT2D eigenvalue weighted by Gasteiger charge is -2.02. The number of nitrogens with zero attached hydrogens (tertiary/aromatic N) is 4. The van der Waals surface area contributed by atoms with Crippen molar-refractivity contribution in [1.29, 1.82) is 0 Å². The minimum absolute atomic E-state index is 0.279. The molecule has 0 amide bonds. The maximum Gasteiger partial charge on any atom is 0.165 e. The Morgan fingerprint density at radius 1 is 1.35 bits per heavy atom. The number of nitrogen functional groups attached to an aromatic ring is 1. The summed E-state index contributed by atoms with van der Waals surface area (Å²) in [7, 11) is 0. The average Bonchev–Trinajstić information content (AvgIpc) is 2.89. The molecular weight excluding hydrogens is 218 g/mol. The molecule has 2 atom stereocenters. The maximum absolute atomic E-state index is 8.87. The third-order valence-electron chi connectivity index (χ3n) is 3.43. The van der Waals surface area contributed by atoms with Gasteiger partial charge in [-0.05, 0) is 24.7 Å². The first kappa shape index (κ1) is 10.5. The van der Waals surface area contributed by atoms with Crippen LogP contribution in [0.2, 0.25) is 0 Å². The van der Waals surface area contributed by atoms with Crippen molar-refractivity contribution in [1.82, 2.24) is 19.5 Å². The van der Waals surface area contributed by atoms with Gasteiger partial charge in [-0.15, -0.1) is 0 Å². The smallest absolute Gasteiger partial charge is 0.165 e. The van der Waals surface area contributed by atoms with Crippen molar-refractivity contribution in [2.24, 2.45) is 11.8 Å². The number of anilines is 1. The zero-order valence-corrected chi connectivity index (χ0v) is 9.45. The number of hydrogen-bond donors (Lipinski definition) is 2. The summed E-state index contributed by atoms with van der Waals surface area (Å²) in [5.41, 5.74) is 7.20. The third-order valence-corrected chi connectivity index (χ3v) is 3.43. The van der Waals surface area contributed by atoms with Crippen molar-refractivity contribution in [3.8, 4) is 0 Å². The fraction of sp³-hybridized carbons (Fsp3) is 0.545. The molecule has 2 heterocycles. The maximum atomic E-state index is 8.87. The SMILES string of the molecule is Nc1ncnc2c1ncn2C[C@H]1C[C@@H]1CCO. The van der Waals surface area contributed by atoms with Crippen LogP contribution in [-0.2, 0) is 6.54 Å². The van der Waals surface area contributed by atoms with Gasteiger partial charge in [-0.2, -0.15) is 0 Å². The molecule has 2 aromatic rings. The van der Waals surface area contributed by atoms with E-state index in [-0.39, 0.29) is 6.61 Å². The largest absolute Gasteiger partial charge is 0.396 e. The summed E-state index contributed by atoms with van der Waals surface area (Å²) in [6.45, 7) is 1.18. The van der Waals surface area contributed by atoms with Gasteiger partial charge in [0.15, 0.2) is 11.5 Å². The second-order valence-electron chi connectivity index (χ2n) is 4.60. The fourth-order valence-electron chi connectivity index (χ4n) is 2.34. The Morgan fingerprint density at radius 3 is 3.06 bits per heavy atom. The number of nitrogens with two attached hydrogens (primary N) is 1. The van der Waals surface area contributed by atoms with Crippen molar-refractivity contribution in [3.63, 3.8) is 0 Å². The van der Waals surface area contributed by atoms with Gasteiger partial charge in [-0.25, -0.2) is 15.0 Å². The molecule has 0 saturated heterocycles. The Bertz CT molecular complexity index is 538. The first-order chi connectivity index (χ1) is 8.29. The highest BCUT2D eigenvalue weighted by Crippen LogP contribution is 2.42. The van der Waals surface area contributed by atoms with E-state index in [1.807, 2.05) is 4.57 Å². The summed E-state index contributed by atoms with van der Waals surface area (Å²) in [4.78, 5) is 12.4. The minimum atomic E-state index is 0.279. The van der Waals surface area contributed by atoms with Gasteiger partial charge in [0, 0.05) is 13.2 Å². The Labute approximate surface area is 98.5 Å². The molecule has 90 valence electrons. The van der Waals surface area contributed by atoms with E-state index in [9.17, 15) is 0 Å². The summed E-state index contributed by atoms with van der Waals surface area (Å²) in [5, 5.41) is 8.87. The van der Waals surface area contributed by atoms with Crippen molar-refractivity contribution in [3.05, 3.63) is 12.7 Å². The highest BCUT2D eigenvalue weighted by molar-refractivity contribution is 5.81. The van der Waals surface area contributed by atoms with Gasteiger partial charge in [-0.3, -0.25) is 0 Å². The third kappa shape index (κ3) is 1.84. The molecule has 3 N–H and O–H groups in total. The lowest BCUT2D eigenvalue weighted by Crippen LogP contribution is -2.02. The van der Waals surface area contributed by atoms with Crippen LogP contribution in [0.5, 0.6) is 0 Å². The van der Waals surface area contributed by atoms with Crippen molar-refractivity contribution < 1.29 is 5.11 Å². The Kier molecular flexibility index (Phi) is 2.44. The molecule has 1 saturated carbocycles. The number of aliphatic hydroxyl groups excluding tert-OH is 1. The van der Waals surface area contributed by atoms with Crippen LogP contribution >= 0.6 is 0 Å². The second-order valence-corrected chi connectivity index (χ2v) is 4.60. The Morgan fingerprint density at radius 2 is 2.24 bits per heavy atom. The van der Waals surface area contributed by atoms with Crippen molar-refractivity contribution in [2.45, 2.75) is 19.4 Å². The zero-order chi connectivity index (χ0) is 11.8. The number of aliphatic hydroxyl groups is 1. The molecule has 0 bridgehead atoms. The molecule has 0 unspecified atom stereocenters. The van der Waals surface area contributed by atoms with E-state index in [4.69, 9.17) is 10.8 Å². The van der Waals surface area contributed by atoms with Gasteiger partial charge in [0.1, 0.15) is 11.8 Å². The molecule has 0 radical (unpaired) electrons. The highest BCUT2D eigenvalue weighted by atomic mass is 16.3. The summed E-state index contributed by atoms with van der Waals surface area (Å²) < 4.78 is 2.02.